The van der Waals surface area contributed by atoms with Crippen LogP contribution < -0.4 is 0 Å². The Kier molecular flexibility index (Phi) is 5.26. The summed E-state index contributed by atoms with van der Waals surface area (Å²) in [5, 5.41) is 4.29. The summed E-state index contributed by atoms with van der Waals surface area (Å²) in [5.74, 6) is 0. The molecule has 0 N–H and O–H groups in total. The number of para-hydroxylation sites is 1. The van der Waals surface area contributed by atoms with E-state index in [9.17, 15) is 0 Å². The van der Waals surface area contributed by atoms with Crippen LogP contribution in [0.5, 0.6) is 0 Å². The zero-order valence-electron chi connectivity index (χ0n) is 19.7. The summed E-state index contributed by atoms with van der Waals surface area (Å²) >= 11 is 0. The third-order valence-corrected chi connectivity index (χ3v) is 6.97. The van der Waals surface area contributed by atoms with Crippen molar-refractivity contribution in [2.45, 2.75) is 45.2 Å². The minimum atomic E-state index is -0.426. The van der Waals surface area contributed by atoms with Crippen molar-refractivity contribution in [2.24, 2.45) is 0 Å². The van der Waals surface area contributed by atoms with E-state index in [0.717, 1.165) is 22.0 Å². The van der Waals surface area contributed by atoms with Gasteiger partial charge in [-0.05, 0) is 41.7 Å². The number of pyridine rings is 1. The van der Waals surface area contributed by atoms with Gasteiger partial charge in [-0.25, -0.2) is 4.98 Å². The topological polar surface area (TPSA) is 22.1 Å². The first-order chi connectivity index (χ1) is 15.7. The molecule has 5 aromatic rings. The van der Waals surface area contributed by atoms with Crippen LogP contribution in [0.25, 0.3) is 43.7 Å². The molecule has 1 aromatic heterocycles. The van der Waals surface area contributed by atoms with Crippen LogP contribution >= 0.6 is 0 Å². The van der Waals surface area contributed by atoms with Crippen molar-refractivity contribution < 1.29 is 4.74 Å². The Morgan fingerprint density at radius 2 is 1.39 bits per heavy atom. The Morgan fingerprint density at radius 3 is 2.12 bits per heavy atom. The molecule has 0 atom stereocenters. The zero-order valence-corrected chi connectivity index (χ0v) is 19.7. The van der Waals surface area contributed by atoms with Gasteiger partial charge in [0.2, 0.25) is 0 Å². The lowest BCUT2D eigenvalue weighted by molar-refractivity contribution is -0.0542. The lowest BCUT2D eigenvalue weighted by atomic mass is 9.62. The molecule has 1 heterocycles. The van der Waals surface area contributed by atoms with Crippen molar-refractivity contribution in [3.05, 3.63) is 90.5 Å². The highest BCUT2D eigenvalue weighted by molar-refractivity contribution is 6.17. The number of rotatable bonds is 5. The molecule has 0 saturated heterocycles. The zero-order chi connectivity index (χ0) is 23.2. The van der Waals surface area contributed by atoms with E-state index in [1.54, 1.807) is 0 Å². The summed E-state index contributed by atoms with van der Waals surface area (Å²) in [7, 11) is 6.29. The highest BCUT2D eigenvalue weighted by Gasteiger charge is 2.33. The summed E-state index contributed by atoms with van der Waals surface area (Å²) in [6.07, 6.45) is 0. The predicted octanol–water partition coefficient (Wildman–Crippen LogP) is 7.87. The molecule has 33 heavy (non-hydrogen) atoms. The Morgan fingerprint density at radius 1 is 0.727 bits per heavy atom. The SMILES string of the molecule is [B]C(C)(C)C(C)(C)OCc1ccc(-c2c3ccccc3nc3c2ccc2ccccc23)cc1. The van der Waals surface area contributed by atoms with Crippen LogP contribution in [0.15, 0.2) is 84.9 Å². The van der Waals surface area contributed by atoms with Gasteiger partial charge in [0.1, 0.15) is 0 Å². The van der Waals surface area contributed by atoms with Gasteiger partial charge in [-0.15, -0.1) is 0 Å². The van der Waals surface area contributed by atoms with Gasteiger partial charge in [-0.3, -0.25) is 0 Å². The van der Waals surface area contributed by atoms with Crippen molar-refractivity contribution in [3.8, 4) is 11.1 Å². The summed E-state index contributed by atoms with van der Waals surface area (Å²) in [4.78, 5) is 5.06. The van der Waals surface area contributed by atoms with Gasteiger partial charge >= 0.3 is 0 Å². The maximum Gasteiger partial charge on any atom is 0.0794 e. The molecule has 0 bridgehead atoms. The molecule has 3 heteroatoms. The number of hydrogen-bond acceptors (Lipinski definition) is 2. The van der Waals surface area contributed by atoms with E-state index in [1.165, 1.54) is 27.3 Å². The van der Waals surface area contributed by atoms with Crippen molar-refractivity contribution in [3.63, 3.8) is 0 Å². The third-order valence-electron chi connectivity index (χ3n) is 6.97. The Hall–Kier alpha value is -3.17. The summed E-state index contributed by atoms with van der Waals surface area (Å²) < 4.78 is 6.18. The van der Waals surface area contributed by atoms with E-state index >= 15 is 0 Å². The highest BCUT2D eigenvalue weighted by Crippen LogP contribution is 2.39. The van der Waals surface area contributed by atoms with Crippen LogP contribution in [0, 0.1) is 0 Å². The van der Waals surface area contributed by atoms with Gasteiger partial charge in [-0.1, -0.05) is 92.7 Å². The fourth-order valence-electron chi connectivity index (χ4n) is 4.15. The van der Waals surface area contributed by atoms with Crippen LogP contribution in [0.3, 0.4) is 0 Å². The van der Waals surface area contributed by atoms with E-state index in [0.29, 0.717) is 6.61 Å². The van der Waals surface area contributed by atoms with Gasteiger partial charge in [0.15, 0.2) is 0 Å². The number of aromatic nitrogens is 1. The van der Waals surface area contributed by atoms with Crippen molar-refractivity contribution in [1.29, 1.82) is 0 Å². The Bertz CT molecular complexity index is 1460. The molecule has 5 rings (SSSR count). The smallest absolute Gasteiger partial charge is 0.0794 e. The van der Waals surface area contributed by atoms with Crippen LogP contribution in [-0.2, 0) is 11.3 Å². The molecule has 0 aliphatic rings. The highest BCUT2D eigenvalue weighted by atomic mass is 16.5. The maximum atomic E-state index is 6.29. The average Bonchev–Trinajstić information content (AvgIpc) is 2.81. The summed E-state index contributed by atoms with van der Waals surface area (Å²) in [6.45, 7) is 8.61. The van der Waals surface area contributed by atoms with Gasteiger partial charge in [0.05, 0.1) is 31.1 Å². The van der Waals surface area contributed by atoms with E-state index in [4.69, 9.17) is 17.6 Å². The largest absolute Gasteiger partial charge is 0.371 e. The maximum absolute atomic E-state index is 6.29. The van der Waals surface area contributed by atoms with Crippen molar-refractivity contribution in [2.75, 3.05) is 0 Å². The van der Waals surface area contributed by atoms with E-state index in [-0.39, 0.29) is 0 Å². The molecule has 0 aliphatic carbocycles. The molecule has 162 valence electrons. The number of fused-ring (bicyclic) bond motifs is 4. The predicted molar refractivity (Wildman–Crippen MR) is 141 cm³/mol. The van der Waals surface area contributed by atoms with Gasteiger partial charge in [-0.2, -0.15) is 0 Å². The molecule has 4 aromatic carbocycles. The van der Waals surface area contributed by atoms with Crippen molar-refractivity contribution >= 4 is 40.4 Å². The minimum Gasteiger partial charge on any atom is -0.371 e. The molecule has 0 spiro atoms. The van der Waals surface area contributed by atoms with Crippen molar-refractivity contribution in [1.82, 2.24) is 4.98 Å². The normalized spacial score (nSPS) is 12.6. The van der Waals surface area contributed by atoms with E-state index < -0.39 is 10.9 Å². The van der Waals surface area contributed by atoms with Gasteiger partial charge < -0.3 is 4.74 Å². The minimum absolute atomic E-state index is 0.426. The first-order valence-corrected chi connectivity index (χ1v) is 11.5. The number of nitrogens with zero attached hydrogens (tertiary/aromatic N) is 1. The van der Waals surface area contributed by atoms with Gasteiger partial charge in [0.25, 0.3) is 0 Å². The molecule has 0 unspecified atom stereocenters. The molecule has 2 radical (unpaired) electrons. The molecule has 0 aliphatic heterocycles. The molecule has 0 fully saturated rings. The molecular formula is C30H28BNO. The second kappa shape index (κ2) is 8.00. The number of hydrogen-bond donors (Lipinski definition) is 0. The van der Waals surface area contributed by atoms with Crippen LogP contribution in [0.2, 0.25) is 5.31 Å². The average molecular weight is 429 g/mol. The molecule has 0 amide bonds. The Balaban J connectivity index is 1.61. The second-order valence-corrected chi connectivity index (χ2v) is 9.90. The number of benzene rings is 4. The standard InChI is InChI=1S/C30H28BNO/c1-29(2,31)30(3,4)33-19-20-13-15-22(16-14-20)27-24-11-7-8-12-26(24)32-28-23-10-6-5-9-21(23)17-18-25(27)28/h5-18H,19H2,1-4H3. The summed E-state index contributed by atoms with van der Waals surface area (Å²) in [5.41, 5.74) is 5.15. The van der Waals surface area contributed by atoms with Crippen LogP contribution in [0.4, 0.5) is 0 Å². The first-order valence-electron chi connectivity index (χ1n) is 11.5. The monoisotopic (exact) mass is 429 g/mol. The summed E-state index contributed by atoms with van der Waals surface area (Å²) in [6, 6.07) is 29.9. The third kappa shape index (κ3) is 3.91. The fraction of sp³-hybridized carbons (Fsp3) is 0.233. The van der Waals surface area contributed by atoms with Crippen LogP contribution in [-0.4, -0.2) is 18.4 Å². The quantitative estimate of drug-likeness (QED) is 0.161. The second-order valence-electron chi connectivity index (χ2n) is 9.90. The molecular weight excluding hydrogens is 401 g/mol. The Labute approximate surface area is 197 Å². The van der Waals surface area contributed by atoms with Gasteiger partial charge in [0, 0.05) is 21.7 Å². The molecule has 2 nitrogen and oxygen atoms in total. The molecule has 0 saturated carbocycles. The van der Waals surface area contributed by atoms with E-state index in [2.05, 4.69) is 84.9 Å². The van der Waals surface area contributed by atoms with Crippen LogP contribution in [0.1, 0.15) is 33.3 Å². The number of ether oxygens (including phenoxy) is 1. The lowest BCUT2D eigenvalue weighted by Gasteiger charge is -2.39. The van der Waals surface area contributed by atoms with E-state index in [1.807, 2.05) is 27.7 Å². The fourth-order valence-corrected chi connectivity index (χ4v) is 4.15. The lowest BCUT2D eigenvalue weighted by Crippen LogP contribution is -2.36. The first kappa shape index (κ1) is 21.7.